The van der Waals surface area contributed by atoms with Gasteiger partial charge in [0.15, 0.2) is 0 Å². The maximum absolute atomic E-state index is 7.72. The highest BCUT2D eigenvalue weighted by Crippen LogP contribution is 2.28. The van der Waals surface area contributed by atoms with E-state index in [1.165, 1.54) is 11.5 Å². The molecule has 0 heterocycles. The zero-order chi connectivity index (χ0) is 18.9. The lowest BCUT2D eigenvalue weighted by Crippen LogP contribution is -2.20. The monoisotopic (exact) mass is 385 g/mol. The molecule has 2 rings (SSSR count). The summed E-state index contributed by atoms with van der Waals surface area (Å²) < 4.78 is 0. The average Bonchev–Trinajstić information content (AvgIpc) is 2.66. The number of hydrogen-bond donors (Lipinski definition) is 3. The Hall–Kier alpha value is -2.17. The summed E-state index contributed by atoms with van der Waals surface area (Å²) in [5.74, 6) is 2.36. The molecule has 0 amide bonds. The van der Waals surface area contributed by atoms with Gasteiger partial charge in [0, 0.05) is 29.7 Å². The molecule has 0 saturated heterocycles. The first-order chi connectivity index (χ1) is 12.6. The van der Waals surface area contributed by atoms with Crippen LogP contribution in [-0.4, -0.2) is 37.1 Å². The lowest BCUT2D eigenvalue weighted by atomic mass is 9.97. The van der Waals surface area contributed by atoms with Crippen molar-refractivity contribution in [2.75, 3.05) is 24.0 Å². The van der Waals surface area contributed by atoms with E-state index in [4.69, 9.17) is 11.1 Å². The zero-order valence-corrected chi connectivity index (χ0v) is 16.9. The minimum Gasteiger partial charge on any atom is -0.398 e. The van der Waals surface area contributed by atoms with E-state index in [0.29, 0.717) is 26.0 Å². The number of aliphatic imine (C=N–C) groups is 1. The predicted molar refractivity (Wildman–Crippen MR) is 120 cm³/mol. The van der Waals surface area contributed by atoms with E-state index in [9.17, 15) is 0 Å². The van der Waals surface area contributed by atoms with Crippen LogP contribution >= 0.6 is 20.3 Å². The molecule has 0 aromatic heterocycles. The number of hydrazone groups is 1. The van der Waals surface area contributed by atoms with Crippen LogP contribution in [0.4, 0.5) is 5.69 Å². The van der Waals surface area contributed by atoms with Gasteiger partial charge in [0.1, 0.15) is 5.84 Å². The van der Waals surface area contributed by atoms with Crippen LogP contribution in [0.5, 0.6) is 0 Å². The molecule has 0 fully saturated rings. The van der Waals surface area contributed by atoms with Crippen molar-refractivity contribution in [1.82, 2.24) is 5.43 Å². The third kappa shape index (κ3) is 4.93. The Morgan fingerprint density at radius 3 is 2.85 bits per heavy atom. The van der Waals surface area contributed by atoms with Crippen molar-refractivity contribution < 1.29 is 0 Å². The Bertz CT molecular complexity index is 820. The largest absolute Gasteiger partial charge is 0.398 e. The molecule has 0 saturated carbocycles. The molecule has 7 heteroatoms. The van der Waals surface area contributed by atoms with Crippen LogP contribution in [0.15, 0.2) is 46.5 Å². The third-order valence-corrected chi connectivity index (χ3v) is 5.38. The van der Waals surface area contributed by atoms with E-state index in [2.05, 4.69) is 54.0 Å². The summed E-state index contributed by atoms with van der Waals surface area (Å²) in [6, 6.07) is 12.0. The number of nitrogens with two attached hydrogens (primary N) is 1. The van der Waals surface area contributed by atoms with Crippen molar-refractivity contribution in [1.29, 1.82) is 5.41 Å². The second-order valence-corrected chi connectivity index (χ2v) is 7.72. The summed E-state index contributed by atoms with van der Waals surface area (Å²) in [5, 5.41) is 12.7. The minimum atomic E-state index is 0.600. The van der Waals surface area contributed by atoms with Gasteiger partial charge in [0.25, 0.3) is 0 Å². The van der Waals surface area contributed by atoms with Crippen molar-refractivity contribution >= 4 is 50.1 Å². The summed E-state index contributed by atoms with van der Waals surface area (Å²) in [4.78, 5) is 4.61. The van der Waals surface area contributed by atoms with Crippen LogP contribution in [0.3, 0.4) is 0 Å². The number of rotatable bonds is 8. The lowest BCUT2D eigenvalue weighted by Gasteiger charge is -2.13. The van der Waals surface area contributed by atoms with Crippen molar-refractivity contribution in [3.63, 3.8) is 0 Å². The molecule has 0 radical (unpaired) electrons. The van der Waals surface area contributed by atoms with E-state index in [0.717, 1.165) is 28.0 Å². The van der Waals surface area contributed by atoms with Crippen LogP contribution in [0.25, 0.3) is 11.1 Å². The van der Waals surface area contributed by atoms with E-state index in [1.807, 2.05) is 18.2 Å². The number of nitrogens with one attached hydrogen (secondary N) is 2. The third-order valence-electron chi connectivity index (χ3n) is 3.79. The highest BCUT2D eigenvalue weighted by atomic mass is 32.2. The molecule has 136 valence electrons. The van der Waals surface area contributed by atoms with Gasteiger partial charge in [-0.3, -0.25) is 10.4 Å². The van der Waals surface area contributed by atoms with Crippen LogP contribution in [0.1, 0.15) is 18.1 Å². The van der Waals surface area contributed by atoms with Crippen LogP contribution in [0, 0.1) is 5.41 Å². The zero-order valence-electron chi connectivity index (χ0n) is 15.0. The molecular weight excluding hydrogens is 361 g/mol. The van der Waals surface area contributed by atoms with Gasteiger partial charge in [0.05, 0.1) is 5.88 Å². The van der Waals surface area contributed by atoms with Gasteiger partial charge in [0.2, 0.25) is 0 Å². The molecule has 2 aromatic carbocycles. The van der Waals surface area contributed by atoms with Gasteiger partial charge in [-0.2, -0.15) is 5.10 Å². The topological polar surface area (TPSA) is 86.6 Å². The van der Waals surface area contributed by atoms with Crippen LogP contribution in [-0.2, 0) is 0 Å². The molecule has 0 aliphatic carbocycles. The molecule has 4 N–H and O–H groups in total. The molecule has 2 aromatic rings. The molecule has 0 bridgehead atoms. The van der Waals surface area contributed by atoms with Gasteiger partial charge in [-0.1, -0.05) is 27.6 Å². The van der Waals surface area contributed by atoms with Crippen molar-refractivity contribution in [2.45, 2.75) is 6.92 Å². The maximum Gasteiger partial charge on any atom is 0.149 e. The summed E-state index contributed by atoms with van der Waals surface area (Å²) in [7, 11) is 0.637. The molecule has 1 atom stereocenters. The van der Waals surface area contributed by atoms with Gasteiger partial charge in [-0.05, 0) is 53.1 Å². The van der Waals surface area contributed by atoms with Crippen molar-refractivity contribution in [3.8, 4) is 11.1 Å². The Labute approximate surface area is 160 Å². The van der Waals surface area contributed by atoms with Gasteiger partial charge < -0.3 is 11.1 Å². The molecule has 0 spiro atoms. The summed E-state index contributed by atoms with van der Waals surface area (Å²) in [6.45, 7) is 7.77. The summed E-state index contributed by atoms with van der Waals surface area (Å²) in [6.07, 6.45) is 1.31. The number of anilines is 1. The highest BCUT2D eigenvalue weighted by Gasteiger charge is 2.11. The first kappa shape index (κ1) is 20.1. The Balaban J connectivity index is 2.58. The fraction of sp³-hybridized carbons (Fsp3) is 0.211. The van der Waals surface area contributed by atoms with Gasteiger partial charge in [-0.25, -0.2) is 0 Å². The number of thioether (sulfide) groups is 1. The standard InChI is InChI=1S/C19H24N5PS/c1-4-26-12-23-19(24-22-2)14-8-13(9-15(10-14)25-3)16-6-5-7-18(21)17(16)11-20/h5-11,20,25H,2,4,12,21H2,1,3H3,(H,23,24). The van der Waals surface area contributed by atoms with Crippen molar-refractivity contribution in [3.05, 3.63) is 47.5 Å². The fourth-order valence-corrected chi connectivity index (χ4v) is 3.53. The Morgan fingerprint density at radius 2 is 2.19 bits per heavy atom. The molecule has 0 aliphatic heterocycles. The Morgan fingerprint density at radius 1 is 1.38 bits per heavy atom. The Kier molecular flexibility index (Phi) is 7.82. The number of hydrogen-bond acceptors (Lipinski definition) is 5. The summed E-state index contributed by atoms with van der Waals surface area (Å²) in [5.41, 5.74) is 13.2. The molecular formula is C19H24N5PS. The summed E-state index contributed by atoms with van der Waals surface area (Å²) >= 11 is 1.74. The van der Waals surface area contributed by atoms with E-state index < -0.39 is 0 Å². The van der Waals surface area contributed by atoms with E-state index in [-0.39, 0.29) is 0 Å². The van der Waals surface area contributed by atoms with Crippen molar-refractivity contribution in [2.24, 2.45) is 10.1 Å². The van der Waals surface area contributed by atoms with Crippen LogP contribution in [0.2, 0.25) is 0 Å². The number of nitrogens with zero attached hydrogens (tertiary/aromatic N) is 2. The SMILES string of the molecule is C=NN/C(=N\CSCC)c1cc(PC)cc(-c2cccc(N)c2C=N)c1. The smallest absolute Gasteiger partial charge is 0.149 e. The first-order valence-electron chi connectivity index (χ1n) is 8.21. The average molecular weight is 385 g/mol. The minimum absolute atomic E-state index is 0.600. The second-order valence-electron chi connectivity index (χ2n) is 5.40. The molecule has 0 aliphatic rings. The second kappa shape index (κ2) is 10.1. The number of nitrogen functional groups attached to an aromatic ring is 1. The number of benzene rings is 2. The van der Waals surface area contributed by atoms with Gasteiger partial charge >= 0.3 is 0 Å². The highest BCUT2D eigenvalue weighted by molar-refractivity contribution is 7.99. The quantitative estimate of drug-likeness (QED) is 0.162. The molecule has 1 unspecified atom stereocenters. The van der Waals surface area contributed by atoms with Gasteiger partial charge in [-0.15, -0.1) is 11.8 Å². The van der Waals surface area contributed by atoms with E-state index >= 15 is 0 Å². The lowest BCUT2D eigenvalue weighted by molar-refractivity contribution is 1.03. The fourth-order valence-electron chi connectivity index (χ4n) is 2.53. The number of amidine groups is 1. The first-order valence-corrected chi connectivity index (χ1v) is 10.9. The predicted octanol–water partition coefficient (Wildman–Crippen LogP) is 3.53. The molecule has 5 nitrogen and oxygen atoms in total. The molecule has 26 heavy (non-hydrogen) atoms. The van der Waals surface area contributed by atoms with E-state index in [1.54, 1.807) is 11.8 Å². The van der Waals surface area contributed by atoms with Crippen LogP contribution < -0.4 is 16.5 Å². The maximum atomic E-state index is 7.72. The normalized spacial score (nSPS) is 11.7.